The van der Waals surface area contributed by atoms with E-state index in [1.807, 2.05) is 31.2 Å². The van der Waals surface area contributed by atoms with E-state index in [2.05, 4.69) is 27.6 Å². The van der Waals surface area contributed by atoms with Crippen LogP contribution in [0.1, 0.15) is 64.8 Å². The number of carbonyl (C=O) groups excluding carboxylic acids is 4. The van der Waals surface area contributed by atoms with E-state index in [1.54, 1.807) is 46.0 Å². The van der Waals surface area contributed by atoms with Gasteiger partial charge in [0.15, 0.2) is 6.10 Å². The lowest BCUT2D eigenvalue weighted by Crippen LogP contribution is -2.58. The van der Waals surface area contributed by atoms with E-state index in [0.29, 0.717) is 25.1 Å². The molecule has 10 nitrogen and oxygen atoms in total. The smallest absolute Gasteiger partial charge is 0.316 e. The van der Waals surface area contributed by atoms with Gasteiger partial charge in [-0.2, -0.15) is 0 Å². The molecule has 4 rings (SSSR count). The zero-order chi connectivity index (χ0) is 29.2. The Balaban J connectivity index is 1.71. The van der Waals surface area contributed by atoms with Crippen molar-refractivity contribution in [1.82, 2.24) is 26.1 Å². The van der Waals surface area contributed by atoms with Gasteiger partial charge < -0.3 is 15.4 Å². The second kappa shape index (κ2) is 11.6. The number of benzene rings is 1. The molecule has 2 aliphatic heterocycles. The molecule has 0 aliphatic carbocycles. The third-order valence-corrected chi connectivity index (χ3v) is 7.20. The summed E-state index contributed by atoms with van der Waals surface area (Å²) in [4.78, 5) is 57.0. The highest BCUT2D eigenvalue weighted by Crippen LogP contribution is 2.25. The van der Waals surface area contributed by atoms with E-state index < -0.39 is 35.3 Å². The number of hydrogen-bond donors (Lipinski definition) is 3. The van der Waals surface area contributed by atoms with Crippen LogP contribution in [0.25, 0.3) is 16.8 Å². The number of fused-ring (bicyclic) bond motifs is 4. The van der Waals surface area contributed by atoms with Gasteiger partial charge in [0.1, 0.15) is 11.7 Å². The first-order valence-electron chi connectivity index (χ1n) is 13.5. The maximum Gasteiger partial charge on any atom is 0.316 e. The lowest BCUT2D eigenvalue weighted by molar-refractivity contribution is -0.164. The molecule has 2 aromatic rings. The van der Waals surface area contributed by atoms with Crippen LogP contribution < -0.4 is 16.1 Å². The van der Waals surface area contributed by atoms with Gasteiger partial charge in [0.25, 0.3) is 11.8 Å². The molecule has 1 saturated heterocycles. The van der Waals surface area contributed by atoms with E-state index >= 15 is 0 Å². The van der Waals surface area contributed by atoms with Crippen molar-refractivity contribution in [3.63, 3.8) is 0 Å². The van der Waals surface area contributed by atoms with Crippen LogP contribution in [0.5, 0.6) is 0 Å². The Bertz CT molecular complexity index is 1380. The fourth-order valence-electron chi connectivity index (χ4n) is 4.61. The maximum absolute atomic E-state index is 13.2. The Morgan fingerprint density at radius 1 is 1.10 bits per heavy atom. The molecule has 3 amide bonds. The van der Waals surface area contributed by atoms with Crippen LogP contribution in [-0.4, -0.2) is 52.4 Å². The van der Waals surface area contributed by atoms with Gasteiger partial charge in [-0.3, -0.25) is 29.2 Å². The molecule has 40 heavy (non-hydrogen) atoms. The monoisotopic (exact) mass is 547 g/mol. The Labute approximate surface area is 234 Å². The summed E-state index contributed by atoms with van der Waals surface area (Å²) in [6, 6.07) is 6.88. The molecule has 0 saturated carbocycles. The molecular formula is C30H37N5O5. The number of cyclic esters (lactones) is 1. The average molecular weight is 548 g/mol. The van der Waals surface area contributed by atoms with E-state index in [0.717, 1.165) is 16.3 Å². The molecule has 2 aliphatic rings. The third-order valence-electron chi connectivity index (χ3n) is 7.20. The Hall–Kier alpha value is -4.05. The van der Waals surface area contributed by atoms with E-state index in [4.69, 9.17) is 4.74 Å². The second-order valence-electron chi connectivity index (χ2n) is 11.3. The fourth-order valence-corrected chi connectivity index (χ4v) is 4.61. The van der Waals surface area contributed by atoms with Crippen LogP contribution in [0, 0.1) is 11.3 Å². The highest BCUT2D eigenvalue weighted by Gasteiger charge is 2.35. The maximum atomic E-state index is 13.2. The highest BCUT2D eigenvalue weighted by molar-refractivity contribution is 5.98. The molecular weight excluding hydrogens is 510 g/mol. The topological polar surface area (TPSA) is 130 Å². The molecule has 0 unspecified atom stereocenters. The van der Waals surface area contributed by atoms with Crippen LogP contribution in [0.3, 0.4) is 0 Å². The Morgan fingerprint density at radius 2 is 1.85 bits per heavy atom. The highest BCUT2D eigenvalue weighted by atomic mass is 16.5. The van der Waals surface area contributed by atoms with Gasteiger partial charge in [-0.25, -0.2) is 5.43 Å². The Kier molecular flexibility index (Phi) is 8.39. The summed E-state index contributed by atoms with van der Waals surface area (Å²) in [5.41, 5.74) is 3.28. The van der Waals surface area contributed by atoms with Gasteiger partial charge in [-0.05, 0) is 68.7 Å². The summed E-state index contributed by atoms with van der Waals surface area (Å²) in [5, 5.41) is 8.69. The fraction of sp³-hybridized carbons (Fsp3) is 0.433. The van der Waals surface area contributed by atoms with Crippen molar-refractivity contribution in [2.45, 2.75) is 65.6 Å². The van der Waals surface area contributed by atoms with Crippen molar-refractivity contribution in [3.8, 4) is 0 Å². The summed E-state index contributed by atoms with van der Waals surface area (Å²) in [7, 11) is 0. The van der Waals surface area contributed by atoms with Crippen molar-refractivity contribution in [2.75, 3.05) is 6.54 Å². The van der Waals surface area contributed by atoms with Crippen molar-refractivity contribution < 1.29 is 23.9 Å². The number of pyridine rings is 1. The zero-order valence-corrected chi connectivity index (χ0v) is 23.6. The van der Waals surface area contributed by atoms with Crippen molar-refractivity contribution in [1.29, 1.82) is 0 Å². The van der Waals surface area contributed by atoms with Gasteiger partial charge in [0.2, 0.25) is 5.91 Å². The van der Waals surface area contributed by atoms with E-state index in [-0.39, 0.29) is 23.6 Å². The molecule has 3 N–H and O–H groups in total. The van der Waals surface area contributed by atoms with Crippen LogP contribution in [-0.2, 0) is 23.9 Å². The normalized spacial score (nSPS) is 25.4. The van der Waals surface area contributed by atoms with Gasteiger partial charge in [-0.1, -0.05) is 38.6 Å². The summed E-state index contributed by atoms with van der Waals surface area (Å²) in [5.74, 6) is -2.42. The molecule has 5 bridgehead atoms. The molecule has 10 heteroatoms. The van der Waals surface area contributed by atoms with Gasteiger partial charge in [0, 0.05) is 18.1 Å². The standard InChI is InChI=1S/C30H37N5O5/c1-17(2)25-27(37)33-19(4)28(38)35-13-7-8-24(34-35)26(36)32-18(3)20-9-10-21-16-31-23(15-22(21)14-20)11-12-30(5,6)29(39)40-25/h9-12,14-18,24-25,34H,4,7-8,13H2,1-3,5-6H3,(H,32,36)(H,33,37)/b12-11+/t18-,24+,25+/m1/s1. The largest absolute Gasteiger partial charge is 0.451 e. The number of rotatable bonds is 1. The number of aromatic nitrogens is 1. The van der Waals surface area contributed by atoms with Crippen LogP contribution in [0.2, 0.25) is 0 Å². The second-order valence-corrected chi connectivity index (χ2v) is 11.3. The SMILES string of the molecule is C=C1NC(=O)[C@H](C(C)C)OC(=O)C(C)(C)/C=C/c2cc3cc(ccc3cn2)[C@@H](C)NC(=O)[C@@H]2CCCN(N2)C1=O. The molecule has 1 aromatic heterocycles. The summed E-state index contributed by atoms with van der Waals surface area (Å²) in [6.07, 6.45) is 5.17. The number of amides is 3. The minimum Gasteiger partial charge on any atom is -0.451 e. The number of nitrogens with one attached hydrogen (secondary N) is 3. The van der Waals surface area contributed by atoms with E-state index in [1.165, 1.54) is 5.01 Å². The molecule has 0 spiro atoms. The van der Waals surface area contributed by atoms with E-state index in [9.17, 15) is 19.2 Å². The van der Waals surface area contributed by atoms with Crippen LogP contribution >= 0.6 is 0 Å². The lowest BCUT2D eigenvalue weighted by Gasteiger charge is -2.34. The molecule has 1 aromatic carbocycles. The number of hydrogen-bond acceptors (Lipinski definition) is 7. The predicted molar refractivity (Wildman–Crippen MR) is 151 cm³/mol. The quantitative estimate of drug-likeness (QED) is 0.369. The third kappa shape index (κ3) is 6.39. The molecule has 0 radical (unpaired) electrons. The van der Waals surface area contributed by atoms with Gasteiger partial charge in [-0.15, -0.1) is 0 Å². The number of nitrogens with zero attached hydrogens (tertiary/aromatic N) is 2. The molecule has 3 heterocycles. The first-order chi connectivity index (χ1) is 18.9. The number of esters is 1. The number of hydrazine groups is 1. The first-order valence-corrected chi connectivity index (χ1v) is 13.5. The molecule has 212 valence electrons. The molecule has 3 atom stereocenters. The minimum atomic E-state index is -1.15. The molecule has 1 fully saturated rings. The summed E-state index contributed by atoms with van der Waals surface area (Å²) >= 11 is 0. The summed E-state index contributed by atoms with van der Waals surface area (Å²) in [6.45, 7) is 12.9. The zero-order valence-electron chi connectivity index (χ0n) is 23.6. The van der Waals surface area contributed by atoms with Crippen molar-refractivity contribution in [3.05, 3.63) is 60.1 Å². The Morgan fingerprint density at radius 3 is 2.58 bits per heavy atom. The minimum absolute atomic E-state index is 0.183. The summed E-state index contributed by atoms with van der Waals surface area (Å²) < 4.78 is 5.65. The van der Waals surface area contributed by atoms with Gasteiger partial charge >= 0.3 is 5.97 Å². The predicted octanol–water partition coefficient (Wildman–Crippen LogP) is 3.16. The van der Waals surface area contributed by atoms with Gasteiger partial charge in [0.05, 0.1) is 17.2 Å². The van der Waals surface area contributed by atoms with Crippen LogP contribution in [0.15, 0.2) is 48.8 Å². The first kappa shape index (κ1) is 28.9. The number of carbonyl (C=O) groups is 4. The van der Waals surface area contributed by atoms with Crippen molar-refractivity contribution >= 4 is 40.5 Å². The van der Waals surface area contributed by atoms with Crippen LogP contribution in [0.4, 0.5) is 0 Å². The van der Waals surface area contributed by atoms with Crippen molar-refractivity contribution in [2.24, 2.45) is 11.3 Å². The number of ether oxygens (including phenoxy) is 1. The average Bonchev–Trinajstić information content (AvgIpc) is 2.92. The lowest BCUT2D eigenvalue weighted by atomic mass is 9.92.